The largest absolute Gasteiger partial charge is 0.334 e. The Kier molecular flexibility index (Phi) is 3.76. The summed E-state index contributed by atoms with van der Waals surface area (Å²) in [5, 5.41) is 4.07. The number of halogens is 1. The van der Waals surface area contributed by atoms with E-state index in [0.29, 0.717) is 0 Å². The van der Waals surface area contributed by atoms with E-state index in [4.69, 9.17) is 11.6 Å². The minimum Gasteiger partial charge on any atom is -0.334 e. The zero-order valence-electron chi connectivity index (χ0n) is 10.9. The Labute approximate surface area is 118 Å². The molecule has 0 aliphatic carbocycles. The molecule has 1 unspecified atom stereocenters. The van der Waals surface area contributed by atoms with Gasteiger partial charge in [0.1, 0.15) is 0 Å². The van der Waals surface area contributed by atoms with Gasteiger partial charge in [-0.25, -0.2) is 0 Å². The van der Waals surface area contributed by atoms with E-state index in [1.165, 1.54) is 0 Å². The SMILES string of the molecule is O=C([C@@H]1CCCN1)N1CCCC1c1ccccc1Cl. The summed E-state index contributed by atoms with van der Waals surface area (Å²) in [4.78, 5) is 14.6. The Morgan fingerprint density at radius 3 is 2.84 bits per heavy atom. The molecular weight excluding hydrogens is 260 g/mol. The van der Waals surface area contributed by atoms with Gasteiger partial charge >= 0.3 is 0 Å². The van der Waals surface area contributed by atoms with Crippen molar-refractivity contribution in [2.45, 2.75) is 37.8 Å². The minimum atomic E-state index is 0.0167. The number of hydrogen-bond acceptors (Lipinski definition) is 2. The second-order valence-electron chi connectivity index (χ2n) is 5.36. The molecule has 0 radical (unpaired) electrons. The van der Waals surface area contributed by atoms with Crippen molar-refractivity contribution in [2.24, 2.45) is 0 Å². The number of carbonyl (C=O) groups is 1. The maximum absolute atomic E-state index is 12.6. The normalized spacial score (nSPS) is 26.9. The van der Waals surface area contributed by atoms with Gasteiger partial charge in [-0.15, -0.1) is 0 Å². The predicted molar refractivity (Wildman–Crippen MR) is 76.2 cm³/mol. The molecule has 19 heavy (non-hydrogen) atoms. The zero-order chi connectivity index (χ0) is 13.2. The molecule has 4 heteroatoms. The van der Waals surface area contributed by atoms with Crippen LogP contribution >= 0.6 is 11.6 Å². The first kappa shape index (κ1) is 12.9. The highest BCUT2D eigenvalue weighted by atomic mass is 35.5. The van der Waals surface area contributed by atoms with Crippen molar-refractivity contribution in [3.63, 3.8) is 0 Å². The number of benzene rings is 1. The molecule has 3 nitrogen and oxygen atoms in total. The van der Waals surface area contributed by atoms with Crippen LogP contribution in [0.15, 0.2) is 24.3 Å². The summed E-state index contributed by atoms with van der Waals surface area (Å²) in [5.74, 6) is 0.250. The van der Waals surface area contributed by atoms with Gasteiger partial charge in [-0.3, -0.25) is 4.79 Å². The number of carbonyl (C=O) groups excluding carboxylic acids is 1. The second kappa shape index (κ2) is 5.51. The van der Waals surface area contributed by atoms with E-state index in [2.05, 4.69) is 5.32 Å². The molecule has 102 valence electrons. The quantitative estimate of drug-likeness (QED) is 0.902. The predicted octanol–water partition coefficient (Wildman–Crippen LogP) is 2.76. The van der Waals surface area contributed by atoms with Crippen LogP contribution in [0.2, 0.25) is 5.02 Å². The maximum Gasteiger partial charge on any atom is 0.240 e. The highest BCUT2D eigenvalue weighted by Gasteiger charge is 2.35. The number of rotatable bonds is 2. The van der Waals surface area contributed by atoms with Crippen LogP contribution in [0.3, 0.4) is 0 Å². The van der Waals surface area contributed by atoms with Crippen LogP contribution in [-0.2, 0) is 4.79 Å². The van der Waals surface area contributed by atoms with Crippen LogP contribution in [0.25, 0.3) is 0 Å². The Balaban J connectivity index is 1.81. The molecule has 0 saturated carbocycles. The Morgan fingerprint density at radius 2 is 2.11 bits per heavy atom. The van der Waals surface area contributed by atoms with Crippen molar-refractivity contribution < 1.29 is 4.79 Å². The van der Waals surface area contributed by atoms with Gasteiger partial charge in [-0.1, -0.05) is 29.8 Å². The molecule has 0 aromatic heterocycles. The van der Waals surface area contributed by atoms with Gasteiger partial charge in [0.15, 0.2) is 0 Å². The standard InChI is InChI=1S/C15H19ClN2O/c16-12-6-2-1-5-11(12)14-8-4-10-18(14)15(19)13-7-3-9-17-13/h1-2,5-6,13-14,17H,3-4,7-10H2/t13-,14?/m0/s1. The summed E-state index contributed by atoms with van der Waals surface area (Å²) < 4.78 is 0. The van der Waals surface area contributed by atoms with Crippen LogP contribution < -0.4 is 5.32 Å². The molecule has 2 saturated heterocycles. The maximum atomic E-state index is 12.6. The van der Waals surface area contributed by atoms with Crippen LogP contribution in [0.5, 0.6) is 0 Å². The summed E-state index contributed by atoms with van der Waals surface area (Å²) >= 11 is 6.28. The average Bonchev–Trinajstić information content (AvgIpc) is 3.10. The van der Waals surface area contributed by atoms with E-state index in [1.807, 2.05) is 29.2 Å². The fraction of sp³-hybridized carbons (Fsp3) is 0.533. The molecule has 1 aromatic carbocycles. The number of hydrogen-bond donors (Lipinski definition) is 1. The lowest BCUT2D eigenvalue weighted by Gasteiger charge is -2.28. The summed E-state index contributed by atoms with van der Waals surface area (Å²) in [7, 11) is 0. The molecule has 1 N–H and O–H groups in total. The molecule has 3 rings (SSSR count). The Morgan fingerprint density at radius 1 is 1.26 bits per heavy atom. The summed E-state index contributed by atoms with van der Waals surface area (Å²) in [5.41, 5.74) is 1.09. The highest BCUT2D eigenvalue weighted by Crippen LogP contribution is 2.36. The number of nitrogens with zero attached hydrogens (tertiary/aromatic N) is 1. The van der Waals surface area contributed by atoms with Crippen LogP contribution in [0.1, 0.15) is 37.3 Å². The first-order chi connectivity index (χ1) is 9.27. The van der Waals surface area contributed by atoms with Crippen molar-refractivity contribution in [1.29, 1.82) is 0 Å². The summed E-state index contributed by atoms with van der Waals surface area (Å²) in [6.07, 6.45) is 4.14. The molecule has 1 aromatic rings. The lowest BCUT2D eigenvalue weighted by Crippen LogP contribution is -2.43. The van der Waals surface area contributed by atoms with Crippen molar-refractivity contribution in [3.8, 4) is 0 Å². The van der Waals surface area contributed by atoms with Crippen molar-refractivity contribution in [3.05, 3.63) is 34.9 Å². The Hall–Kier alpha value is -1.06. The third-order valence-electron chi connectivity index (χ3n) is 4.16. The van der Waals surface area contributed by atoms with Gasteiger partial charge in [0.2, 0.25) is 5.91 Å². The van der Waals surface area contributed by atoms with E-state index in [1.54, 1.807) is 0 Å². The smallest absolute Gasteiger partial charge is 0.240 e. The first-order valence-electron chi connectivity index (χ1n) is 7.05. The lowest BCUT2D eigenvalue weighted by molar-refractivity contribution is -0.134. The third-order valence-corrected chi connectivity index (χ3v) is 4.50. The highest BCUT2D eigenvalue weighted by molar-refractivity contribution is 6.31. The van der Waals surface area contributed by atoms with Crippen molar-refractivity contribution in [1.82, 2.24) is 10.2 Å². The minimum absolute atomic E-state index is 0.0167. The van der Waals surface area contributed by atoms with Crippen LogP contribution in [0.4, 0.5) is 0 Å². The first-order valence-corrected chi connectivity index (χ1v) is 7.43. The molecule has 0 spiro atoms. The molecule has 2 fully saturated rings. The van der Waals surface area contributed by atoms with Gasteiger partial charge in [0.05, 0.1) is 12.1 Å². The van der Waals surface area contributed by atoms with E-state index in [-0.39, 0.29) is 18.0 Å². The number of likely N-dealkylation sites (tertiary alicyclic amines) is 1. The van der Waals surface area contributed by atoms with E-state index in [9.17, 15) is 4.79 Å². The average molecular weight is 279 g/mol. The van der Waals surface area contributed by atoms with Gasteiger partial charge < -0.3 is 10.2 Å². The van der Waals surface area contributed by atoms with E-state index in [0.717, 1.165) is 49.4 Å². The fourth-order valence-corrected chi connectivity index (χ4v) is 3.46. The molecule has 2 atom stereocenters. The summed E-state index contributed by atoms with van der Waals surface area (Å²) in [6.45, 7) is 1.81. The second-order valence-corrected chi connectivity index (χ2v) is 5.77. The van der Waals surface area contributed by atoms with Crippen molar-refractivity contribution >= 4 is 17.5 Å². The molecule has 0 bridgehead atoms. The topological polar surface area (TPSA) is 32.3 Å². The van der Waals surface area contributed by atoms with Crippen molar-refractivity contribution in [2.75, 3.05) is 13.1 Å². The summed E-state index contributed by atoms with van der Waals surface area (Å²) in [6, 6.07) is 8.06. The third kappa shape index (κ3) is 2.49. The lowest BCUT2D eigenvalue weighted by atomic mass is 10.0. The van der Waals surface area contributed by atoms with E-state index >= 15 is 0 Å². The molecule has 2 aliphatic rings. The fourth-order valence-electron chi connectivity index (χ4n) is 3.19. The monoisotopic (exact) mass is 278 g/mol. The molecular formula is C15H19ClN2O. The van der Waals surface area contributed by atoms with E-state index < -0.39 is 0 Å². The van der Waals surface area contributed by atoms with Gasteiger partial charge in [0.25, 0.3) is 0 Å². The van der Waals surface area contributed by atoms with Gasteiger partial charge in [-0.2, -0.15) is 0 Å². The molecule has 1 amide bonds. The van der Waals surface area contributed by atoms with Crippen LogP contribution in [-0.4, -0.2) is 29.9 Å². The number of amides is 1. The van der Waals surface area contributed by atoms with Gasteiger partial charge in [-0.05, 0) is 43.9 Å². The molecule has 2 heterocycles. The zero-order valence-corrected chi connectivity index (χ0v) is 11.7. The van der Waals surface area contributed by atoms with Gasteiger partial charge in [0, 0.05) is 11.6 Å². The number of nitrogens with one attached hydrogen (secondary N) is 1. The van der Waals surface area contributed by atoms with Crippen LogP contribution in [0, 0.1) is 0 Å². The Bertz CT molecular complexity index is 471. The molecule has 2 aliphatic heterocycles.